The summed E-state index contributed by atoms with van der Waals surface area (Å²) in [5.74, 6) is -0.236. The number of rotatable bonds is 3. The van der Waals surface area contributed by atoms with Crippen LogP contribution in [0.15, 0.2) is 36.5 Å². The zero-order valence-electron chi connectivity index (χ0n) is 18.0. The lowest BCUT2D eigenvalue weighted by atomic mass is 10.0. The molecule has 1 aromatic carbocycles. The van der Waals surface area contributed by atoms with Crippen molar-refractivity contribution in [2.24, 2.45) is 0 Å². The number of imidazole rings is 1. The summed E-state index contributed by atoms with van der Waals surface area (Å²) >= 11 is 0. The minimum absolute atomic E-state index is 0.0200. The van der Waals surface area contributed by atoms with Gasteiger partial charge in [0, 0.05) is 17.7 Å². The summed E-state index contributed by atoms with van der Waals surface area (Å²) in [4.78, 5) is 19.8. The van der Waals surface area contributed by atoms with Crippen LogP contribution in [0.2, 0.25) is 0 Å². The Bertz CT molecular complexity index is 1090. The predicted octanol–water partition coefficient (Wildman–Crippen LogP) is 4.30. The first-order chi connectivity index (χ1) is 14.2. The molecule has 3 aromatic rings. The summed E-state index contributed by atoms with van der Waals surface area (Å²) in [7, 11) is 0. The van der Waals surface area contributed by atoms with Crippen LogP contribution in [0.3, 0.4) is 0 Å². The van der Waals surface area contributed by atoms with Gasteiger partial charge in [0.2, 0.25) is 0 Å². The van der Waals surface area contributed by atoms with Crippen molar-refractivity contribution in [3.05, 3.63) is 53.6 Å². The second-order valence-electron chi connectivity index (χ2n) is 8.89. The van der Waals surface area contributed by atoms with E-state index < -0.39 is 5.54 Å². The molecular weight excluding hydrogens is 383 g/mol. The van der Waals surface area contributed by atoms with Gasteiger partial charge in [0.15, 0.2) is 5.65 Å². The van der Waals surface area contributed by atoms with Crippen LogP contribution in [0.4, 0.5) is 4.39 Å². The van der Waals surface area contributed by atoms with Crippen molar-refractivity contribution in [2.45, 2.75) is 52.2 Å². The lowest BCUT2D eigenvalue weighted by molar-refractivity contribution is -0.0757. The molecule has 1 amide bonds. The fraction of sp³-hybridized carbons (Fsp3) is 0.435. The van der Waals surface area contributed by atoms with Crippen LogP contribution in [0.25, 0.3) is 16.9 Å². The first-order valence-corrected chi connectivity index (χ1v) is 10.3. The number of aromatic nitrogens is 3. The fourth-order valence-electron chi connectivity index (χ4n) is 3.77. The third-order valence-electron chi connectivity index (χ3n) is 5.57. The molecule has 1 fully saturated rings. The SMILES string of the molecule is CC1CN(C(=O)c2cn3nc(-c4ccc(F)cc4)cc(C(C)C)c3n2)C(C)(C)CO1. The normalized spacial score (nSPS) is 18.9. The summed E-state index contributed by atoms with van der Waals surface area (Å²) < 4.78 is 20.7. The van der Waals surface area contributed by atoms with Gasteiger partial charge in [0.1, 0.15) is 11.5 Å². The van der Waals surface area contributed by atoms with E-state index in [1.807, 2.05) is 31.7 Å². The molecule has 0 radical (unpaired) electrons. The van der Waals surface area contributed by atoms with Gasteiger partial charge in [-0.1, -0.05) is 13.8 Å². The monoisotopic (exact) mass is 410 g/mol. The molecule has 158 valence electrons. The Morgan fingerprint density at radius 2 is 1.97 bits per heavy atom. The summed E-state index contributed by atoms with van der Waals surface area (Å²) in [6, 6.07) is 8.21. The molecule has 1 atom stereocenters. The molecule has 0 N–H and O–H groups in total. The number of nitrogens with zero attached hydrogens (tertiary/aromatic N) is 4. The van der Waals surface area contributed by atoms with Crippen LogP contribution < -0.4 is 0 Å². The van der Waals surface area contributed by atoms with Crippen LogP contribution in [-0.4, -0.2) is 50.2 Å². The number of morpholine rings is 1. The van der Waals surface area contributed by atoms with Gasteiger partial charge in [-0.05, 0) is 57.0 Å². The van der Waals surface area contributed by atoms with Crippen LogP contribution in [0.5, 0.6) is 0 Å². The fourth-order valence-corrected chi connectivity index (χ4v) is 3.77. The lowest BCUT2D eigenvalue weighted by Crippen LogP contribution is -2.57. The lowest BCUT2D eigenvalue weighted by Gasteiger charge is -2.44. The van der Waals surface area contributed by atoms with E-state index in [9.17, 15) is 9.18 Å². The average molecular weight is 410 g/mol. The van der Waals surface area contributed by atoms with E-state index in [-0.39, 0.29) is 23.7 Å². The van der Waals surface area contributed by atoms with Gasteiger partial charge in [0.05, 0.1) is 30.1 Å². The Morgan fingerprint density at radius 3 is 2.63 bits per heavy atom. The van der Waals surface area contributed by atoms with Gasteiger partial charge in [-0.15, -0.1) is 0 Å². The van der Waals surface area contributed by atoms with E-state index >= 15 is 0 Å². The molecule has 0 saturated carbocycles. The molecule has 1 saturated heterocycles. The molecular formula is C23H27FN4O2. The molecule has 0 spiro atoms. The first kappa shape index (κ1) is 20.5. The quantitative estimate of drug-likeness (QED) is 0.646. The molecule has 1 aliphatic rings. The molecule has 3 heterocycles. The number of ether oxygens (including phenoxy) is 1. The number of fused-ring (bicyclic) bond motifs is 1. The minimum Gasteiger partial charge on any atom is -0.374 e. The number of benzene rings is 1. The molecule has 0 bridgehead atoms. The number of carbonyl (C=O) groups is 1. The largest absolute Gasteiger partial charge is 0.374 e. The predicted molar refractivity (Wildman–Crippen MR) is 113 cm³/mol. The standard InChI is InChI=1S/C23H27FN4O2/c1-14(2)18-10-19(16-6-8-17(24)9-7-16)26-28-12-20(25-21(18)28)22(29)27-11-15(3)30-13-23(27,4)5/h6-10,12,14-15H,11,13H2,1-5H3. The summed E-state index contributed by atoms with van der Waals surface area (Å²) in [6.45, 7) is 11.1. The van der Waals surface area contributed by atoms with Gasteiger partial charge in [0.25, 0.3) is 5.91 Å². The van der Waals surface area contributed by atoms with Crippen molar-refractivity contribution in [3.8, 4) is 11.3 Å². The van der Waals surface area contributed by atoms with Crippen molar-refractivity contribution >= 4 is 11.6 Å². The van der Waals surface area contributed by atoms with E-state index in [0.717, 1.165) is 11.1 Å². The third kappa shape index (κ3) is 3.69. The first-order valence-electron chi connectivity index (χ1n) is 10.3. The van der Waals surface area contributed by atoms with E-state index in [4.69, 9.17) is 4.74 Å². The summed E-state index contributed by atoms with van der Waals surface area (Å²) in [5, 5.41) is 4.65. The van der Waals surface area contributed by atoms with Gasteiger partial charge in [-0.3, -0.25) is 4.79 Å². The molecule has 1 aliphatic heterocycles. The Labute approximate surface area is 175 Å². The maximum atomic E-state index is 13.3. The zero-order valence-corrected chi connectivity index (χ0v) is 18.0. The van der Waals surface area contributed by atoms with E-state index in [1.54, 1.807) is 22.8 Å². The second-order valence-corrected chi connectivity index (χ2v) is 8.89. The van der Waals surface area contributed by atoms with Crippen LogP contribution >= 0.6 is 0 Å². The average Bonchev–Trinajstić information content (AvgIpc) is 3.13. The Hall–Kier alpha value is -2.80. The Balaban J connectivity index is 1.78. The highest BCUT2D eigenvalue weighted by Crippen LogP contribution is 2.28. The number of halogens is 1. The molecule has 0 aliphatic carbocycles. The number of carbonyl (C=O) groups excluding carboxylic acids is 1. The molecule has 2 aromatic heterocycles. The highest BCUT2D eigenvalue weighted by atomic mass is 19.1. The molecule has 6 nitrogen and oxygen atoms in total. The van der Waals surface area contributed by atoms with Crippen LogP contribution in [0, 0.1) is 5.82 Å². The van der Waals surface area contributed by atoms with Crippen molar-refractivity contribution in [2.75, 3.05) is 13.2 Å². The van der Waals surface area contributed by atoms with Crippen LogP contribution in [-0.2, 0) is 4.74 Å². The minimum atomic E-state index is -0.410. The topological polar surface area (TPSA) is 59.7 Å². The maximum Gasteiger partial charge on any atom is 0.274 e. The Morgan fingerprint density at radius 1 is 1.27 bits per heavy atom. The van der Waals surface area contributed by atoms with E-state index in [1.165, 1.54) is 12.1 Å². The number of amides is 1. The zero-order chi connectivity index (χ0) is 21.6. The van der Waals surface area contributed by atoms with Gasteiger partial charge < -0.3 is 9.64 Å². The second kappa shape index (κ2) is 7.47. The Kier molecular flexibility index (Phi) is 5.10. The van der Waals surface area contributed by atoms with Gasteiger partial charge in [-0.2, -0.15) is 5.10 Å². The van der Waals surface area contributed by atoms with Gasteiger partial charge >= 0.3 is 0 Å². The molecule has 7 heteroatoms. The van der Waals surface area contributed by atoms with E-state index in [0.29, 0.717) is 30.2 Å². The van der Waals surface area contributed by atoms with Crippen molar-refractivity contribution in [3.63, 3.8) is 0 Å². The highest BCUT2D eigenvalue weighted by Gasteiger charge is 2.38. The summed E-state index contributed by atoms with van der Waals surface area (Å²) in [6.07, 6.45) is 1.67. The maximum absolute atomic E-state index is 13.3. The van der Waals surface area contributed by atoms with Crippen molar-refractivity contribution in [1.29, 1.82) is 0 Å². The third-order valence-corrected chi connectivity index (χ3v) is 5.57. The molecule has 4 rings (SSSR count). The number of hydrogen-bond acceptors (Lipinski definition) is 4. The van der Waals surface area contributed by atoms with Gasteiger partial charge in [-0.25, -0.2) is 13.9 Å². The number of hydrogen-bond donors (Lipinski definition) is 0. The molecule has 1 unspecified atom stereocenters. The van der Waals surface area contributed by atoms with Crippen LogP contribution in [0.1, 0.15) is 56.6 Å². The van der Waals surface area contributed by atoms with Crippen molar-refractivity contribution < 1.29 is 13.9 Å². The van der Waals surface area contributed by atoms with Crippen molar-refractivity contribution in [1.82, 2.24) is 19.5 Å². The summed E-state index contributed by atoms with van der Waals surface area (Å²) in [5.41, 5.74) is 3.12. The smallest absolute Gasteiger partial charge is 0.274 e. The highest BCUT2D eigenvalue weighted by molar-refractivity contribution is 5.93. The molecule has 30 heavy (non-hydrogen) atoms. The van der Waals surface area contributed by atoms with E-state index in [2.05, 4.69) is 23.9 Å².